The van der Waals surface area contributed by atoms with E-state index >= 15 is 0 Å². The first-order chi connectivity index (χ1) is 13.5. The number of Topliss-reactive ketones (excluding diaryl/α,β-unsaturated/α-hetero) is 1. The fourth-order valence-corrected chi connectivity index (χ4v) is 4.23. The summed E-state index contributed by atoms with van der Waals surface area (Å²) in [6.07, 6.45) is -5.65. The van der Waals surface area contributed by atoms with Gasteiger partial charge in [-0.15, -0.1) is 0 Å². The van der Waals surface area contributed by atoms with Crippen LogP contribution in [0.15, 0.2) is 29.2 Å². The number of amides is 1. The fourth-order valence-electron chi connectivity index (χ4n) is 3.16. The molecule has 0 radical (unpaired) electrons. The molecular formula is C18H21F2NO7S. The molecule has 8 nitrogen and oxygen atoms in total. The van der Waals surface area contributed by atoms with Gasteiger partial charge in [-0.05, 0) is 38.8 Å². The molecule has 1 fully saturated rings. The number of aliphatic carboxylic acids is 1. The van der Waals surface area contributed by atoms with Crippen LogP contribution >= 0.6 is 0 Å². The summed E-state index contributed by atoms with van der Waals surface area (Å²) >= 11 is 0. The summed E-state index contributed by atoms with van der Waals surface area (Å²) in [4.78, 5) is 36.5. The first kappa shape index (κ1) is 22.9. The Kier molecular flexibility index (Phi) is 7.06. The number of hydrogen-bond acceptors (Lipinski definition) is 6. The highest BCUT2D eigenvalue weighted by atomic mass is 32.2. The SMILES string of the molecule is CC(=O)C(C(=O)N1CCC[C@H]1C(=O)O)C(OS(=O)(=O)c1ccc(C)cc1)C(F)F. The fraction of sp³-hybridized carbons (Fsp3) is 0.500. The van der Waals surface area contributed by atoms with Crippen LogP contribution < -0.4 is 0 Å². The topological polar surface area (TPSA) is 118 Å². The molecule has 0 bridgehead atoms. The molecule has 0 saturated carbocycles. The molecule has 160 valence electrons. The van der Waals surface area contributed by atoms with Gasteiger partial charge in [-0.2, -0.15) is 8.42 Å². The van der Waals surface area contributed by atoms with Gasteiger partial charge in [-0.1, -0.05) is 17.7 Å². The second kappa shape index (κ2) is 8.95. The smallest absolute Gasteiger partial charge is 0.326 e. The number of benzene rings is 1. The van der Waals surface area contributed by atoms with E-state index in [9.17, 15) is 36.7 Å². The standard InChI is InChI=1S/C18H21F2NO7S/c1-10-5-7-12(8-6-10)29(26,27)28-15(16(19)20)14(11(2)22)17(23)21-9-3-4-13(21)18(24)25/h5-8,13-16H,3-4,9H2,1-2H3,(H,24,25)/t13-,14?,15?/m0/s1. The molecule has 1 amide bonds. The molecule has 1 aromatic carbocycles. The molecule has 2 rings (SSSR count). The van der Waals surface area contributed by atoms with Crippen LogP contribution in [-0.2, 0) is 28.7 Å². The molecule has 1 heterocycles. The quantitative estimate of drug-likeness (QED) is 0.489. The number of carboxylic acids is 1. The van der Waals surface area contributed by atoms with Crippen LogP contribution in [0, 0.1) is 12.8 Å². The van der Waals surface area contributed by atoms with Crippen LogP contribution in [0.1, 0.15) is 25.3 Å². The zero-order chi connectivity index (χ0) is 21.9. The number of hydrogen-bond donors (Lipinski definition) is 1. The summed E-state index contributed by atoms with van der Waals surface area (Å²) in [6, 6.07) is 3.90. The van der Waals surface area contributed by atoms with Crippen molar-refractivity contribution in [3.63, 3.8) is 0 Å². The summed E-state index contributed by atoms with van der Waals surface area (Å²) in [7, 11) is -4.71. The van der Waals surface area contributed by atoms with Crippen molar-refractivity contribution < 1.29 is 40.9 Å². The Balaban J connectivity index is 2.36. The maximum absolute atomic E-state index is 13.7. The van der Waals surface area contributed by atoms with Crippen LogP contribution in [0.5, 0.6) is 0 Å². The van der Waals surface area contributed by atoms with E-state index in [-0.39, 0.29) is 13.0 Å². The number of alkyl halides is 2. The number of carboxylic acid groups (broad SMARTS) is 1. The second-order valence-corrected chi connectivity index (χ2v) is 8.35. The number of carbonyl (C=O) groups excluding carboxylic acids is 2. The number of nitrogens with zero attached hydrogens (tertiary/aromatic N) is 1. The lowest BCUT2D eigenvalue weighted by molar-refractivity contribution is -0.156. The lowest BCUT2D eigenvalue weighted by Gasteiger charge is -2.29. The third kappa shape index (κ3) is 5.15. The van der Waals surface area contributed by atoms with Gasteiger partial charge in [0.05, 0.1) is 4.90 Å². The molecule has 0 aromatic heterocycles. The van der Waals surface area contributed by atoms with Crippen LogP contribution in [0.4, 0.5) is 8.78 Å². The van der Waals surface area contributed by atoms with Gasteiger partial charge in [0, 0.05) is 6.54 Å². The number of aryl methyl sites for hydroxylation is 1. The van der Waals surface area contributed by atoms with Gasteiger partial charge in [0.15, 0.2) is 6.10 Å². The highest BCUT2D eigenvalue weighted by Gasteiger charge is 2.47. The zero-order valence-corrected chi connectivity index (χ0v) is 16.6. The van der Waals surface area contributed by atoms with Crippen LogP contribution in [0.3, 0.4) is 0 Å². The Hall–Kier alpha value is -2.40. The molecule has 1 aliphatic heterocycles. The first-order valence-electron chi connectivity index (χ1n) is 8.77. The Morgan fingerprint density at radius 1 is 1.21 bits per heavy atom. The molecule has 2 unspecified atom stereocenters. The van der Waals surface area contributed by atoms with E-state index in [1.165, 1.54) is 12.1 Å². The maximum Gasteiger partial charge on any atom is 0.326 e. The van der Waals surface area contributed by atoms with Crippen LogP contribution in [0.25, 0.3) is 0 Å². The van der Waals surface area contributed by atoms with Crippen molar-refractivity contribution in [2.24, 2.45) is 5.92 Å². The summed E-state index contributed by atoms with van der Waals surface area (Å²) in [5.74, 6) is -5.72. The van der Waals surface area contributed by atoms with Gasteiger partial charge in [-0.3, -0.25) is 13.8 Å². The Bertz CT molecular complexity index is 886. The lowest BCUT2D eigenvalue weighted by Crippen LogP contribution is -2.51. The van der Waals surface area contributed by atoms with E-state index in [4.69, 9.17) is 0 Å². The average Bonchev–Trinajstić information content (AvgIpc) is 3.11. The van der Waals surface area contributed by atoms with Gasteiger partial charge >= 0.3 is 5.97 Å². The van der Waals surface area contributed by atoms with Crippen molar-refractivity contribution in [2.45, 2.75) is 50.2 Å². The second-order valence-electron chi connectivity index (χ2n) is 6.78. The first-order valence-corrected chi connectivity index (χ1v) is 10.2. The normalized spacial score (nSPS) is 19.2. The largest absolute Gasteiger partial charge is 0.480 e. The Morgan fingerprint density at radius 3 is 2.28 bits per heavy atom. The van der Waals surface area contributed by atoms with Gasteiger partial charge in [0.25, 0.3) is 16.5 Å². The van der Waals surface area contributed by atoms with E-state index < -0.39 is 57.2 Å². The van der Waals surface area contributed by atoms with Gasteiger partial charge in [0.1, 0.15) is 17.7 Å². The Labute approximate surface area is 166 Å². The molecule has 0 aliphatic carbocycles. The molecule has 0 spiro atoms. The molecule has 3 atom stereocenters. The van der Waals surface area contributed by atoms with E-state index in [0.717, 1.165) is 29.5 Å². The van der Waals surface area contributed by atoms with Crippen molar-refractivity contribution >= 4 is 27.8 Å². The molecule has 1 aromatic rings. The van der Waals surface area contributed by atoms with E-state index in [1.807, 2.05) is 0 Å². The number of carbonyl (C=O) groups is 3. The zero-order valence-electron chi connectivity index (χ0n) is 15.7. The number of ketones is 1. The summed E-state index contributed by atoms with van der Waals surface area (Å²) in [5.41, 5.74) is 0.722. The van der Waals surface area contributed by atoms with E-state index in [0.29, 0.717) is 6.42 Å². The number of halogens is 2. The van der Waals surface area contributed by atoms with Crippen molar-refractivity contribution in [3.8, 4) is 0 Å². The summed E-state index contributed by atoms with van der Waals surface area (Å²) in [5, 5.41) is 9.20. The molecular weight excluding hydrogens is 412 g/mol. The average molecular weight is 433 g/mol. The minimum atomic E-state index is -4.71. The minimum Gasteiger partial charge on any atom is -0.480 e. The van der Waals surface area contributed by atoms with Crippen molar-refractivity contribution in [1.29, 1.82) is 0 Å². The maximum atomic E-state index is 13.7. The third-order valence-electron chi connectivity index (χ3n) is 4.65. The van der Waals surface area contributed by atoms with Crippen LogP contribution in [0.2, 0.25) is 0 Å². The summed E-state index contributed by atoms with van der Waals surface area (Å²) in [6.45, 7) is 2.50. The van der Waals surface area contributed by atoms with Crippen molar-refractivity contribution in [3.05, 3.63) is 29.8 Å². The van der Waals surface area contributed by atoms with Crippen LogP contribution in [-0.4, -0.2) is 61.2 Å². The van der Waals surface area contributed by atoms with Crippen molar-refractivity contribution in [1.82, 2.24) is 4.90 Å². The van der Waals surface area contributed by atoms with E-state index in [2.05, 4.69) is 4.18 Å². The predicted octanol–water partition coefficient (Wildman–Crippen LogP) is 1.61. The molecule has 1 N–H and O–H groups in total. The molecule has 1 aliphatic rings. The highest BCUT2D eigenvalue weighted by molar-refractivity contribution is 7.86. The molecule has 1 saturated heterocycles. The van der Waals surface area contributed by atoms with Gasteiger partial charge in [-0.25, -0.2) is 13.6 Å². The summed E-state index contributed by atoms with van der Waals surface area (Å²) < 4.78 is 56.9. The van der Waals surface area contributed by atoms with E-state index in [1.54, 1.807) is 6.92 Å². The lowest BCUT2D eigenvalue weighted by atomic mass is 9.96. The predicted molar refractivity (Wildman–Crippen MR) is 95.8 cm³/mol. The molecule has 11 heteroatoms. The number of rotatable bonds is 8. The highest BCUT2D eigenvalue weighted by Crippen LogP contribution is 2.28. The molecule has 29 heavy (non-hydrogen) atoms. The third-order valence-corrected chi connectivity index (χ3v) is 5.97. The number of likely N-dealkylation sites (tertiary alicyclic amines) is 1. The van der Waals surface area contributed by atoms with Crippen molar-refractivity contribution in [2.75, 3.05) is 6.54 Å². The Morgan fingerprint density at radius 2 is 1.79 bits per heavy atom. The van der Waals surface area contributed by atoms with Gasteiger partial charge < -0.3 is 10.0 Å². The monoisotopic (exact) mass is 433 g/mol. The van der Waals surface area contributed by atoms with Gasteiger partial charge in [0.2, 0.25) is 5.91 Å². The minimum absolute atomic E-state index is 0.0414.